The average molecular weight is 343 g/mol. The van der Waals surface area contributed by atoms with Crippen LogP contribution in [0.3, 0.4) is 0 Å². The molecule has 0 fully saturated rings. The van der Waals surface area contributed by atoms with Crippen LogP contribution >= 0.6 is 11.8 Å². The van der Waals surface area contributed by atoms with E-state index in [4.69, 9.17) is 9.47 Å². The van der Waals surface area contributed by atoms with Crippen molar-refractivity contribution in [2.75, 3.05) is 12.5 Å². The third-order valence-corrected chi connectivity index (χ3v) is 4.90. The van der Waals surface area contributed by atoms with Gasteiger partial charge in [0.1, 0.15) is 0 Å². The molecular formula is C19H21NO3S. The molecular weight excluding hydrogens is 322 g/mol. The van der Waals surface area contributed by atoms with E-state index in [1.807, 2.05) is 25.1 Å². The van der Waals surface area contributed by atoms with Gasteiger partial charge >= 0.3 is 0 Å². The molecule has 1 atom stereocenters. The van der Waals surface area contributed by atoms with Crippen molar-refractivity contribution in [2.24, 2.45) is 0 Å². The largest absolute Gasteiger partial charge is 0.454 e. The Morgan fingerprint density at radius 1 is 1.17 bits per heavy atom. The lowest BCUT2D eigenvalue weighted by molar-refractivity contribution is -0.119. The summed E-state index contributed by atoms with van der Waals surface area (Å²) in [5.41, 5.74) is 3.50. The van der Waals surface area contributed by atoms with Gasteiger partial charge in [-0.2, -0.15) is 0 Å². The highest BCUT2D eigenvalue weighted by Gasteiger charge is 2.16. The molecule has 1 amide bonds. The van der Waals surface area contributed by atoms with Gasteiger partial charge in [0.05, 0.1) is 11.8 Å². The molecule has 0 spiro atoms. The first kappa shape index (κ1) is 16.7. The molecule has 0 saturated carbocycles. The van der Waals surface area contributed by atoms with Crippen LogP contribution in [0.15, 0.2) is 42.5 Å². The van der Waals surface area contributed by atoms with Crippen LogP contribution in [-0.4, -0.2) is 18.5 Å². The van der Waals surface area contributed by atoms with E-state index in [1.54, 1.807) is 11.8 Å². The fourth-order valence-electron chi connectivity index (χ4n) is 2.49. The third-order valence-electron chi connectivity index (χ3n) is 3.90. The van der Waals surface area contributed by atoms with E-state index in [-0.39, 0.29) is 18.7 Å². The molecule has 126 valence electrons. The molecule has 24 heavy (non-hydrogen) atoms. The van der Waals surface area contributed by atoms with Gasteiger partial charge in [0.25, 0.3) is 0 Å². The predicted molar refractivity (Wildman–Crippen MR) is 96.5 cm³/mol. The van der Waals surface area contributed by atoms with Crippen LogP contribution in [0.5, 0.6) is 11.5 Å². The fourth-order valence-corrected chi connectivity index (χ4v) is 3.29. The first-order valence-electron chi connectivity index (χ1n) is 7.94. The molecule has 5 heteroatoms. The molecule has 1 aliphatic heterocycles. The zero-order chi connectivity index (χ0) is 16.9. The highest BCUT2D eigenvalue weighted by molar-refractivity contribution is 7.99. The molecule has 0 aliphatic carbocycles. The van der Waals surface area contributed by atoms with Crippen LogP contribution in [0.2, 0.25) is 0 Å². The van der Waals surface area contributed by atoms with Gasteiger partial charge in [-0.05, 0) is 37.1 Å². The summed E-state index contributed by atoms with van der Waals surface area (Å²) >= 11 is 1.62. The lowest BCUT2D eigenvalue weighted by Gasteiger charge is -2.14. The third kappa shape index (κ3) is 4.23. The molecule has 4 nitrogen and oxygen atoms in total. The zero-order valence-corrected chi connectivity index (χ0v) is 14.7. The smallest absolute Gasteiger partial charge is 0.231 e. The molecule has 2 aromatic carbocycles. The Bertz CT molecular complexity index is 715. The lowest BCUT2D eigenvalue weighted by atomic mass is 10.1. The second-order valence-corrected chi connectivity index (χ2v) is 6.87. The van der Waals surface area contributed by atoms with Crippen LogP contribution in [0.25, 0.3) is 0 Å². The van der Waals surface area contributed by atoms with Crippen LogP contribution in [0.4, 0.5) is 0 Å². The van der Waals surface area contributed by atoms with Gasteiger partial charge in [-0.15, -0.1) is 11.8 Å². The fraction of sp³-hybridized carbons (Fsp3) is 0.316. The number of hydrogen-bond acceptors (Lipinski definition) is 4. The molecule has 0 saturated heterocycles. The summed E-state index contributed by atoms with van der Waals surface area (Å²) in [6.07, 6.45) is 0. The quantitative estimate of drug-likeness (QED) is 0.866. The molecule has 0 aromatic heterocycles. The molecule has 0 radical (unpaired) electrons. The van der Waals surface area contributed by atoms with Crippen LogP contribution in [0, 0.1) is 6.92 Å². The molecule has 0 bridgehead atoms. The zero-order valence-electron chi connectivity index (χ0n) is 13.9. The summed E-state index contributed by atoms with van der Waals surface area (Å²) in [6.45, 7) is 4.30. The maximum Gasteiger partial charge on any atom is 0.231 e. The van der Waals surface area contributed by atoms with E-state index in [0.29, 0.717) is 5.75 Å². The van der Waals surface area contributed by atoms with Crippen LogP contribution < -0.4 is 14.8 Å². The van der Waals surface area contributed by atoms with E-state index < -0.39 is 0 Å². The average Bonchev–Trinajstić information content (AvgIpc) is 3.04. The summed E-state index contributed by atoms with van der Waals surface area (Å²) in [5.74, 6) is 2.82. The first-order valence-corrected chi connectivity index (χ1v) is 9.09. The highest BCUT2D eigenvalue weighted by Crippen LogP contribution is 2.34. The number of aryl methyl sites for hydroxylation is 1. The number of nitrogens with one attached hydrogen (secondary N) is 1. The van der Waals surface area contributed by atoms with Crippen molar-refractivity contribution in [1.29, 1.82) is 0 Å². The van der Waals surface area contributed by atoms with E-state index >= 15 is 0 Å². The van der Waals surface area contributed by atoms with E-state index in [2.05, 4.69) is 36.5 Å². The van der Waals surface area contributed by atoms with E-state index in [0.717, 1.165) is 22.8 Å². The van der Waals surface area contributed by atoms with E-state index in [1.165, 1.54) is 11.1 Å². The standard InChI is InChI=1S/C19H21NO3S/c1-13-3-5-15(6-4-13)10-24-11-19(21)20-14(2)16-7-8-17-18(9-16)23-12-22-17/h3-9,14H,10-12H2,1-2H3,(H,20,21). The van der Waals surface area contributed by atoms with Crippen molar-refractivity contribution < 1.29 is 14.3 Å². The molecule has 1 aliphatic rings. The topological polar surface area (TPSA) is 47.6 Å². The minimum atomic E-state index is -0.0630. The molecule has 1 heterocycles. The number of rotatable bonds is 6. The first-order chi connectivity index (χ1) is 11.6. The van der Waals surface area contributed by atoms with Crippen LogP contribution in [0.1, 0.15) is 29.7 Å². The summed E-state index contributed by atoms with van der Waals surface area (Å²) in [4.78, 5) is 12.1. The number of thioether (sulfide) groups is 1. The summed E-state index contributed by atoms with van der Waals surface area (Å²) < 4.78 is 10.7. The Balaban J connectivity index is 1.46. The van der Waals surface area contributed by atoms with Gasteiger partial charge in [0, 0.05) is 5.75 Å². The Kier molecular flexibility index (Phi) is 5.30. The number of hydrogen-bond donors (Lipinski definition) is 1. The maximum absolute atomic E-state index is 12.1. The number of carbonyl (C=O) groups excluding carboxylic acids is 1. The molecule has 3 rings (SSSR count). The van der Waals surface area contributed by atoms with Gasteiger partial charge < -0.3 is 14.8 Å². The van der Waals surface area contributed by atoms with Crippen molar-refractivity contribution in [2.45, 2.75) is 25.6 Å². The Hall–Kier alpha value is -2.14. The van der Waals surface area contributed by atoms with Gasteiger partial charge in [-0.1, -0.05) is 35.9 Å². The summed E-state index contributed by atoms with van der Waals surface area (Å²) in [7, 11) is 0. The van der Waals surface area contributed by atoms with Gasteiger partial charge in [-0.3, -0.25) is 4.79 Å². The normalized spacial score (nSPS) is 13.6. The van der Waals surface area contributed by atoms with Crippen molar-refractivity contribution in [1.82, 2.24) is 5.32 Å². The lowest BCUT2D eigenvalue weighted by Crippen LogP contribution is -2.28. The Morgan fingerprint density at radius 2 is 1.92 bits per heavy atom. The van der Waals surface area contributed by atoms with Gasteiger partial charge in [-0.25, -0.2) is 0 Å². The van der Waals surface area contributed by atoms with Crippen LogP contribution in [-0.2, 0) is 10.5 Å². The number of carbonyl (C=O) groups is 1. The number of amides is 1. The number of ether oxygens (including phenoxy) is 2. The highest BCUT2D eigenvalue weighted by atomic mass is 32.2. The summed E-state index contributed by atoms with van der Waals surface area (Å²) in [6, 6.07) is 14.1. The summed E-state index contributed by atoms with van der Waals surface area (Å²) in [5, 5.41) is 3.03. The number of fused-ring (bicyclic) bond motifs is 1. The second-order valence-electron chi connectivity index (χ2n) is 5.88. The Labute approximate surface area is 146 Å². The van der Waals surface area contributed by atoms with Crippen molar-refractivity contribution in [3.8, 4) is 11.5 Å². The van der Waals surface area contributed by atoms with Gasteiger partial charge in [0.2, 0.25) is 12.7 Å². The maximum atomic E-state index is 12.1. The minimum Gasteiger partial charge on any atom is -0.454 e. The second kappa shape index (κ2) is 7.62. The van der Waals surface area contributed by atoms with E-state index in [9.17, 15) is 4.79 Å². The monoisotopic (exact) mass is 343 g/mol. The molecule has 1 N–H and O–H groups in total. The minimum absolute atomic E-state index is 0.0391. The van der Waals surface area contributed by atoms with Crippen molar-refractivity contribution in [3.05, 3.63) is 59.2 Å². The van der Waals surface area contributed by atoms with Gasteiger partial charge in [0.15, 0.2) is 11.5 Å². The Morgan fingerprint density at radius 3 is 2.71 bits per heavy atom. The van der Waals surface area contributed by atoms with Crippen molar-refractivity contribution >= 4 is 17.7 Å². The predicted octanol–water partition coefficient (Wildman–Crippen LogP) is 3.83. The van der Waals surface area contributed by atoms with Crippen molar-refractivity contribution in [3.63, 3.8) is 0 Å². The number of benzene rings is 2. The SMILES string of the molecule is Cc1ccc(CSCC(=O)NC(C)c2ccc3c(c2)OCO3)cc1. The molecule has 2 aromatic rings. The molecule has 1 unspecified atom stereocenters.